The number of alkyl halides is 3. The molecule has 3 amide bonds. The molecule has 0 spiro atoms. The van der Waals surface area contributed by atoms with Crippen molar-refractivity contribution in [3.05, 3.63) is 95.1 Å². The van der Waals surface area contributed by atoms with E-state index in [-0.39, 0.29) is 30.7 Å². The molecule has 0 radical (unpaired) electrons. The minimum absolute atomic E-state index is 0.0417. The average Bonchev–Trinajstić information content (AvgIpc) is 3.69. The molecule has 4 rings (SSSR count). The Morgan fingerprint density at radius 3 is 2.11 bits per heavy atom. The molecule has 0 saturated heterocycles. The van der Waals surface area contributed by atoms with Gasteiger partial charge in [0.1, 0.15) is 6.61 Å². The van der Waals surface area contributed by atoms with Crippen LogP contribution < -0.4 is 14.8 Å². The highest BCUT2D eigenvalue weighted by molar-refractivity contribution is 6.05. The van der Waals surface area contributed by atoms with Gasteiger partial charge in [-0.1, -0.05) is 60.7 Å². The zero-order valence-electron chi connectivity index (χ0n) is 19.5. The van der Waals surface area contributed by atoms with Crippen molar-refractivity contribution in [1.29, 1.82) is 0 Å². The molecule has 0 atom stereocenters. The molecule has 3 aromatic rings. The van der Waals surface area contributed by atoms with E-state index >= 15 is 0 Å². The number of rotatable bonds is 8. The van der Waals surface area contributed by atoms with E-state index in [1.807, 2.05) is 6.07 Å². The molecule has 1 aliphatic rings. The normalized spacial score (nSPS) is 13.1. The second kappa shape index (κ2) is 10.7. The van der Waals surface area contributed by atoms with Crippen molar-refractivity contribution in [2.24, 2.45) is 0 Å². The summed E-state index contributed by atoms with van der Waals surface area (Å²) in [5, 5.41) is 2.70. The van der Waals surface area contributed by atoms with Crippen LogP contribution in [0.25, 0.3) is 0 Å². The average molecular weight is 499 g/mol. The summed E-state index contributed by atoms with van der Waals surface area (Å²) < 4.78 is 53.0. The molecule has 188 valence electrons. The Hall–Kier alpha value is -4.01. The number of urea groups is 1. The number of carbonyl (C=O) groups excluding carboxylic acids is 2. The molecule has 1 saturated carbocycles. The standard InChI is InChI=1S/C27H25F3N2O4/c1-35-23-15-22(27(28,29)30)21(14-24(23)36-17-19-10-6-3-7-11-19)25(33)32(26(34)31-20-12-13-20)16-18-8-4-2-5-9-18/h2-11,14-15,20H,12-13,16-17H2,1H3,(H,31,34). The molecule has 0 heterocycles. The molecule has 36 heavy (non-hydrogen) atoms. The number of carbonyl (C=O) groups is 2. The quantitative estimate of drug-likeness (QED) is 0.426. The van der Waals surface area contributed by atoms with Crippen LogP contribution in [0.5, 0.6) is 11.5 Å². The maximum Gasteiger partial charge on any atom is 0.417 e. The lowest BCUT2D eigenvalue weighted by Crippen LogP contribution is -2.44. The summed E-state index contributed by atoms with van der Waals surface area (Å²) in [4.78, 5) is 27.3. The van der Waals surface area contributed by atoms with Gasteiger partial charge in [0, 0.05) is 6.04 Å². The predicted molar refractivity (Wildman–Crippen MR) is 127 cm³/mol. The first-order valence-electron chi connectivity index (χ1n) is 11.4. The Morgan fingerprint density at radius 2 is 1.56 bits per heavy atom. The van der Waals surface area contributed by atoms with E-state index in [4.69, 9.17) is 9.47 Å². The van der Waals surface area contributed by atoms with E-state index in [2.05, 4.69) is 5.32 Å². The Labute approximate surface area is 206 Å². The molecule has 0 aliphatic heterocycles. The van der Waals surface area contributed by atoms with Crippen LogP contribution in [-0.2, 0) is 19.3 Å². The van der Waals surface area contributed by atoms with E-state index in [0.717, 1.165) is 35.4 Å². The number of halogens is 3. The van der Waals surface area contributed by atoms with E-state index in [9.17, 15) is 22.8 Å². The first-order chi connectivity index (χ1) is 17.3. The van der Waals surface area contributed by atoms with Crippen molar-refractivity contribution < 1.29 is 32.2 Å². The number of hydrogen-bond acceptors (Lipinski definition) is 4. The molecule has 1 fully saturated rings. The third-order valence-corrected chi connectivity index (χ3v) is 5.66. The van der Waals surface area contributed by atoms with Gasteiger partial charge in [-0.15, -0.1) is 0 Å². The van der Waals surface area contributed by atoms with Crippen LogP contribution in [0.1, 0.15) is 39.9 Å². The second-order valence-corrected chi connectivity index (χ2v) is 8.42. The zero-order valence-corrected chi connectivity index (χ0v) is 19.5. The highest BCUT2D eigenvalue weighted by Crippen LogP contribution is 2.40. The number of amides is 3. The number of ether oxygens (including phenoxy) is 2. The van der Waals surface area contributed by atoms with Gasteiger partial charge in [0.15, 0.2) is 11.5 Å². The number of nitrogens with zero attached hydrogens (tertiary/aromatic N) is 1. The first-order valence-corrected chi connectivity index (χ1v) is 11.4. The third-order valence-electron chi connectivity index (χ3n) is 5.66. The van der Waals surface area contributed by atoms with Crippen molar-refractivity contribution in [1.82, 2.24) is 10.2 Å². The van der Waals surface area contributed by atoms with Crippen molar-refractivity contribution in [3.8, 4) is 11.5 Å². The van der Waals surface area contributed by atoms with Gasteiger partial charge in [0.05, 0.1) is 24.8 Å². The van der Waals surface area contributed by atoms with Crippen molar-refractivity contribution in [2.45, 2.75) is 38.2 Å². The summed E-state index contributed by atoms with van der Waals surface area (Å²) >= 11 is 0. The molecule has 1 aliphatic carbocycles. The Kier molecular flexibility index (Phi) is 7.47. The van der Waals surface area contributed by atoms with Crippen LogP contribution in [-0.4, -0.2) is 30.0 Å². The van der Waals surface area contributed by atoms with E-state index in [1.165, 1.54) is 7.11 Å². The second-order valence-electron chi connectivity index (χ2n) is 8.42. The van der Waals surface area contributed by atoms with Crippen molar-refractivity contribution in [2.75, 3.05) is 7.11 Å². The molecule has 0 bridgehead atoms. The lowest BCUT2D eigenvalue weighted by atomic mass is 10.0. The molecule has 1 N–H and O–H groups in total. The maximum atomic E-state index is 14.1. The summed E-state index contributed by atoms with van der Waals surface area (Å²) in [5.41, 5.74) is -0.539. The van der Waals surface area contributed by atoms with Crippen LogP contribution in [0.3, 0.4) is 0 Å². The zero-order chi connectivity index (χ0) is 25.7. The monoisotopic (exact) mass is 498 g/mol. The number of nitrogens with one attached hydrogen (secondary N) is 1. The minimum Gasteiger partial charge on any atom is -0.493 e. The van der Waals surface area contributed by atoms with Gasteiger partial charge in [-0.2, -0.15) is 13.2 Å². The molecule has 3 aromatic carbocycles. The van der Waals surface area contributed by atoms with Gasteiger partial charge in [0.2, 0.25) is 0 Å². The van der Waals surface area contributed by atoms with Crippen LogP contribution in [0, 0.1) is 0 Å². The molecule has 9 heteroatoms. The number of benzene rings is 3. The Balaban J connectivity index is 1.72. The maximum absolute atomic E-state index is 14.1. The van der Waals surface area contributed by atoms with Gasteiger partial charge < -0.3 is 14.8 Å². The highest BCUT2D eigenvalue weighted by atomic mass is 19.4. The molecule has 6 nitrogen and oxygen atoms in total. The van der Waals surface area contributed by atoms with Crippen LogP contribution in [0.4, 0.5) is 18.0 Å². The van der Waals surface area contributed by atoms with Gasteiger partial charge in [-0.05, 0) is 36.1 Å². The summed E-state index contributed by atoms with van der Waals surface area (Å²) in [6.07, 6.45) is -3.36. The van der Waals surface area contributed by atoms with Crippen LogP contribution in [0.2, 0.25) is 0 Å². The van der Waals surface area contributed by atoms with Crippen LogP contribution >= 0.6 is 0 Å². The summed E-state index contributed by atoms with van der Waals surface area (Å²) in [6.45, 7) is -0.145. The van der Waals surface area contributed by atoms with Gasteiger partial charge in [-0.25, -0.2) is 4.79 Å². The number of imide groups is 1. The van der Waals surface area contributed by atoms with E-state index in [0.29, 0.717) is 5.56 Å². The smallest absolute Gasteiger partial charge is 0.417 e. The Morgan fingerprint density at radius 1 is 0.944 bits per heavy atom. The van der Waals surface area contributed by atoms with Gasteiger partial charge in [0.25, 0.3) is 5.91 Å². The molecular weight excluding hydrogens is 473 g/mol. The number of methoxy groups -OCH3 is 1. The van der Waals surface area contributed by atoms with Crippen molar-refractivity contribution >= 4 is 11.9 Å². The lowest BCUT2D eigenvalue weighted by Gasteiger charge is -2.24. The lowest BCUT2D eigenvalue weighted by molar-refractivity contribution is -0.138. The van der Waals surface area contributed by atoms with E-state index < -0.39 is 29.2 Å². The predicted octanol–water partition coefficient (Wildman–Crippen LogP) is 5.81. The third kappa shape index (κ3) is 6.16. The van der Waals surface area contributed by atoms with Crippen molar-refractivity contribution in [3.63, 3.8) is 0 Å². The summed E-state index contributed by atoms with van der Waals surface area (Å²) in [6, 6.07) is 18.5. The Bertz CT molecular complexity index is 1210. The number of hydrogen-bond donors (Lipinski definition) is 1. The van der Waals surface area contributed by atoms with Crippen LogP contribution in [0.15, 0.2) is 72.8 Å². The highest BCUT2D eigenvalue weighted by Gasteiger charge is 2.39. The molecule has 0 aromatic heterocycles. The first kappa shape index (κ1) is 25.1. The summed E-state index contributed by atoms with van der Waals surface area (Å²) in [7, 11) is 1.22. The minimum atomic E-state index is -4.87. The topological polar surface area (TPSA) is 67.9 Å². The molecule has 0 unspecified atom stereocenters. The fraction of sp³-hybridized carbons (Fsp3) is 0.259. The fourth-order valence-corrected chi connectivity index (χ4v) is 3.61. The summed E-state index contributed by atoms with van der Waals surface area (Å²) in [5.74, 6) is -1.30. The van der Waals surface area contributed by atoms with Gasteiger partial charge >= 0.3 is 12.2 Å². The van der Waals surface area contributed by atoms with E-state index in [1.54, 1.807) is 54.6 Å². The molecular formula is C27H25F3N2O4. The largest absolute Gasteiger partial charge is 0.493 e. The SMILES string of the molecule is COc1cc(C(F)(F)F)c(C(=O)N(Cc2ccccc2)C(=O)NC2CC2)cc1OCc1ccccc1. The van der Waals surface area contributed by atoms with Gasteiger partial charge in [-0.3, -0.25) is 9.69 Å². The fourth-order valence-electron chi connectivity index (χ4n) is 3.61.